The van der Waals surface area contributed by atoms with Gasteiger partial charge in [-0.3, -0.25) is 24.1 Å². The molecule has 0 spiro atoms. The molecule has 2 aliphatic heterocycles. The van der Waals surface area contributed by atoms with Crippen LogP contribution in [0, 0.1) is 23.6 Å². The molecule has 6 unspecified atom stereocenters. The summed E-state index contributed by atoms with van der Waals surface area (Å²) in [5, 5.41) is 20.3. The number of carbonyl (C=O) groups excluding carboxylic acids is 4. The standard InChI is InChI=1S/C34H23Br2Cl2FN2O8/c1-49-22-12-20(25(35)26(36)27(22)42)24-18-9-10-19-23(29(44)40(28(19)43)17-4-2-3-14(11-17)30(45)46)21(18)13-33(37)31(47)41(32(48)34(24,33)38)16-7-5-15(39)6-8-16/h2-9,11-12,19,21,23-24,42H,10,13H2,1H3,(H,45,46). The van der Waals surface area contributed by atoms with Crippen LogP contribution in [0.15, 0.2) is 75.2 Å². The normalized spacial score (nSPS) is 29.1. The topological polar surface area (TPSA) is 142 Å². The Kier molecular flexibility index (Phi) is 8.01. The second-order valence-electron chi connectivity index (χ2n) is 12.3. The molecule has 2 aliphatic carbocycles. The number of benzene rings is 3. The number of phenols is 1. The van der Waals surface area contributed by atoms with Gasteiger partial charge in [0.05, 0.1) is 40.4 Å². The molecule has 0 aromatic heterocycles. The lowest BCUT2D eigenvalue weighted by Gasteiger charge is -2.51. The van der Waals surface area contributed by atoms with Crippen molar-refractivity contribution in [2.24, 2.45) is 17.8 Å². The van der Waals surface area contributed by atoms with Crippen molar-refractivity contribution in [1.82, 2.24) is 0 Å². The van der Waals surface area contributed by atoms with Crippen LogP contribution in [0.5, 0.6) is 11.5 Å². The lowest BCUT2D eigenvalue weighted by molar-refractivity contribution is -0.125. The summed E-state index contributed by atoms with van der Waals surface area (Å²) in [6.07, 6.45) is 1.48. The molecule has 0 bridgehead atoms. The van der Waals surface area contributed by atoms with Crippen molar-refractivity contribution in [3.8, 4) is 11.5 Å². The van der Waals surface area contributed by atoms with E-state index in [1.165, 1.54) is 49.6 Å². The van der Waals surface area contributed by atoms with Gasteiger partial charge in [0.1, 0.15) is 5.82 Å². The molecule has 10 nitrogen and oxygen atoms in total. The van der Waals surface area contributed by atoms with E-state index >= 15 is 0 Å². The van der Waals surface area contributed by atoms with E-state index in [0.717, 1.165) is 21.9 Å². The van der Waals surface area contributed by atoms with Gasteiger partial charge in [-0.1, -0.05) is 17.7 Å². The number of phenolic OH excluding ortho intramolecular Hbond substituents is 1. The Morgan fingerprint density at radius 3 is 2.29 bits per heavy atom. The summed E-state index contributed by atoms with van der Waals surface area (Å²) in [4.78, 5) is 66.3. The number of rotatable bonds is 5. The maximum absolute atomic E-state index is 14.6. The van der Waals surface area contributed by atoms with E-state index in [0.29, 0.717) is 11.1 Å². The summed E-state index contributed by atoms with van der Waals surface area (Å²) >= 11 is 21.7. The van der Waals surface area contributed by atoms with Crippen LogP contribution in [0.3, 0.4) is 0 Å². The van der Waals surface area contributed by atoms with Gasteiger partial charge in [0.25, 0.3) is 11.8 Å². The number of hydrogen-bond donors (Lipinski definition) is 2. The van der Waals surface area contributed by atoms with Gasteiger partial charge in [-0.05, 0) is 105 Å². The van der Waals surface area contributed by atoms with E-state index in [1.54, 1.807) is 6.08 Å². The van der Waals surface area contributed by atoms with Crippen molar-refractivity contribution in [3.63, 3.8) is 0 Å². The van der Waals surface area contributed by atoms with E-state index in [2.05, 4.69) is 31.9 Å². The van der Waals surface area contributed by atoms with E-state index in [1.807, 2.05) is 0 Å². The van der Waals surface area contributed by atoms with Crippen LogP contribution in [-0.4, -0.2) is 56.7 Å². The Hall–Kier alpha value is -3.78. The monoisotopic (exact) mass is 834 g/mol. The number of carbonyl (C=O) groups is 5. The average Bonchev–Trinajstić information content (AvgIpc) is 3.42. The minimum atomic E-state index is -2.22. The maximum atomic E-state index is 14.6. The molecule has 3 aromatic carbocycles. The third-order valence-corrected chi connectivity index (χ3v) is 13.5. The molecule has 4 aliphatic rings. The number of carboxylic acids is 1. The van der Waals surface area contributed by atoms with E-state index < -0.39 is 68.8 Å². The summed E-state index contributed by atoms with van der Waals surface area (Å²) in [5.74, 6) is -9.10. The number of carboxylic acid groups (broad SMARTS) is 1. The molecule has 1 saturated carbocycles. The Labute approximate surface area is 304 Å². The fourth-order valence-electron chi connectivity index (χ4n) is 7.75. The fourth-order valence-corrected chi connectivity index (χ4v) is 9.64. The summed E-state index contributed by atoms with van der Waals surface area (Å²) in [6.45, 7) is 0. The van der Waals surface area contributed by atoms with Crippen molar-refractivity contribution >= 4 is 96.0 Å². The molecule has 2 saturated heterocycles. The number of alkyl halides is 2. The van der Waals surface area contributed by atoms with Crippen LogP contribution in [0.2, 0.25) is 0 Å². The lowest BCUT2D eigenvalue weighted by Crippen LogP contribution is -2.60. The Balaban J connectivity index is 1.43. The molecule has 3 fully saturated rings. The summed E-state index contributed by atoms with van der Waals surface area (Å²) < 4.78 is 19.7. The number of fused-ring (bicyclic) bond motifs is 4. The van der Waals surface area contributed by atoms with Gasteiger partial charge in [-0.2, -0.15) is 0 Å². The average molecular weight is 837 g/mol. The van der Waals surface area contributed by atoms with E-state index in [9.17, 15) is 38.6 Å². The SMILES string of the molecule is COc1cc(C2C3=CCC4C(=O)N(c5cccc(C(=O)O)c5)C(=O)C4C3CC3(Cl)C(=O)N(c4ccc(F)cc4)C(=O)C23Cl)c(Br)c(Br)c1O. The number of anilines is 2. The van der Waals surface area contributed by atoms with Gasteiger partial charge in [-0.15, -0.1) is 23.2 Å². The molecule has 6 atom stereocenters. The van der Waals surface area contributed by atoms with Crippen molar-refractivity contribution in [2.75, 3.05) is 16.9 Å². The van der Waals surface area contributed by atoms with Gasteiger partial charge in [-0.25, -0.2) is 14.1 Å². The number of hydrogen-bond acceptors (Lipinski definition) is 7. The predicted molar refractivity (Wildman–Crippen MR) is 183 cm³/mol. The van der Waals surface area contributed by atoms with Crippen LogP contribution in [0.4, 0.5) is 15.8 Å². The van der Waals surface area contributed by atoms with Crippen molar-refractivity contribution < 1.29 is 43.3 Å². The number of imide groups is 2. The Morgan fingerprint density at radius 1 is 0.939 bits per heavy atom. The number of ether oxygens (including phenoxy) is 1. The highest BCUT2D eigenvalue weighted by Crippen LogP contribution is 2.67. The van der Waals surface area contributed by atoms with Crippen LogP contribution in [0.25, 0.3) is 0 Å². The largest absolute Gasteiger partial charge is 0.503 e. The van der Waals surface area contributed by atoms with Crippen molar-refractivity contribution in [1.29, 1.82) is 0 Å². The minimum absolute atomic E-state index is 0.00527. The Morgan fingerprint density at radius 2 is 1.63 bits per heavy atom. The molecule has 15 heteroatoms. The molecule has 49 heavy (non-hydrogen) atoms. The second kappa shape index (κ2) is 11.6. The number of allylic oxidation sites excluding steroid dienone is 2. The van der Waals surface area contributed by atoms with Crippen molar-refractivity contribution in [3.05, 3.63) is 92.1 Å². The number of methoxy groups -OCH3 is 1. The number of halogens is 5. The lowest BCUT2D eigenvalue weighted by atomic mass is 9.56. The number of aromatic carboxylic acids is 1. The first-order chi connectivity index (χ1) is 23.2. The zero-order valence-corrected chi connectivity index (χ0v) is 29.8. The quantitative estimate of drug-likeness (QED) is 0.168. The van der Waals surface area contributed by atoms with Crippen molar-refractivity contribution in [2.45, 2.75) is 28.5 Å². The maximum Gasteiger partial charge on any atom is 0.335 e. The van der Waals surface area contributed by atoms with Crippen LogP contribution in [-0.2, 0) is 19.2 Å². The first-order valence-electron chi connectivity index (χ1n) is 14.9. The van der Waals surface area contributed by atoms with Crippen LogP contribution >= 0.6 is 55.1 Å². The Bertz CT molecular complexity index is 2060. The smallest absolute Gasteiger partial charge is 0.335 e. The molecule has 7 rings (SSSR count). The molecule has 0 radical (unpaired) electrons. The summed E-state index contributed by atoms with van der Waals surface area (Å²) in [7, 11) is 1.33. The highest BCUT2D eigenvalue weighted by molar-refractivity contribution is 9.13. The van der Waals surface area contributed by atoms with Gasteiger partial charge < -0.3 is 14.9 Å². The molecule has 4 amide bonds. The van der Waals surface area contributed by atoms with Gasteiger partial charge in [0.2, 0.25) is 11.8 Å². The molecular weight excluding hydrogens is 814 g/mol. The molecular formula is C34H23Br2Cl2FN2O8. The molecule has 252 valence electrons. The van der Waals surface area contributed by atoms with Crippen LogP contribution in [0.1, 0.15) is 34.7 Å². The number of amides is 4. The van der Waals surface area contributed by atoms with E-state index in [-0.39, 0.29) is 50.2 Å². The molecule has 2 heterocycles. The van der Waals surface area contributed by atoms with Gasteiger partial charge >= 0.3 is 5.97 Å². The zero-order valence-electron chi connectivity index (χ0n) is 25.1. The van der Waals surface area contributed by atoms with Gasteiger partial charge in [0.15, 0.2) is 21.2 Å². The summed E-state index contributed by atoms with van der Waals surface area (Å²) in [5.41, 5.74) is 0.747. The second-order valence-corrected chi connectivity index (χ2v) is 15.1. The highest BCUT2D eigenvalue weighted by Gasteiger charge is 2.77. The highest BCUT2D eigenvalue weighted by atomic mass is 79.9. The molecule has 3 aromatic rings. The number of aromatic hydroxyl groups is 1. The first-order valence-corrected chi connectivity index (χ1v) is 17.2. The third kappa shape index (κ3) is 4.58. The summed E-state index contributed by atoms with van der Waals surface area (Å²) in [6, 6.07) is 11.6. The fraction of sp³-hybridized carbons (Fsp3) is 0.265. The number of nitrogens with zero attached hydrogens (tertiary/aromatic N) is 2. The minimum Gasteiger partial charge on any atom is -0.503 e. The third-order valence-electron chi connectivity index (χ3n) is 9.95. The first kappa shape index (κ1) is 33.7. The molecule has 2 N–H and O–H groups in total. The predicted octanol–water partition coefficient (Wildman–Crippen LogP) is 6.53. The van der Waals surface area contributed by atoms with Gasteiger partial charge in [0, 0.05) is 10.4 Å². The van der Waals surface area contributed by atoms with E-state index in [4.69, 9.17) is 27.9 Å². The van der Waals surface area contributed by atoms with Crippen LogP contribution < -0.4 is 14.5 Å². The zero-order chi connectivity index (χ0) is 35.3.